The van der Waals surface area contributed by atoms with Gasteiger partial charge in [-0.3, -0.25) is 4.99 Å². The van der Waals surface area contributed by atoms with Gasteiger partial charge in [0.2, 0.25) is 0 Å². The van der Waals surface area contributed by atoms with E-state index in [0.29, 0.717) is 5.25 Å². The van der Waals surface area contributed by atoms with Crippen LogP contribution in [0.25, 0.3) is 0 Å². The largest absolute Gasteiger partial charge is 0.365 e. The van der Waals surface area contributed by atoms with Crippen molar-refractivity contribution in [3.05, 3.63) is 0 Å². The van der Waals surface area contributed by atoms with Crippen molar-refractivity contribution in [3.63, 3.8) is 0 Å². The van der Waals surface area contributed by atoms with E-state index in [9.17, 15) is 0 Å². The van der Waals surface area contributed by atoms with E-state index in [-0.39, 0.29) is 0 Å². The van der Waals surface area contributed by atoms with Gasteiger partial charge in [-0.15, -0.1) is 0 Å². The monoisotopic (exact) mass is 214 g/mol. The van der Waals surface area contributed by atoms with Crippen LogP contribution in [0.2, 0.25) is 0 Å². The molecule has 2 nitrogen and oxygen atoms in total. The molecule has 0 amide bonds. The summed E-state index contributed by atoms with van der Waals surface area (Å²) in [7, 11) is 0. The van der Waals surface area contributed by atoms with Crippen molar-refractivity contribution in [2.75, 3.05) is 13.1 Å². The number of hydrogen-bond donors (Lipinski definition) is 1. The molecule has 0 bridgehead atoms. The minimum absolute atomic E-state index is 0.689. The normalized spacial score (nSPS) is 23.8. The third-order valence-corrected chi connectivity index (χ3v) is 4.21. The predicted molar refractivity (Wildman–Crippen MR) is 66.0 cm³/mol. The van der Waals surface area contributed by atoms with Gasteiger partial charge in [0.25, 0.3) is 0 Å². The highest BCUT2D eigenvalue weighted by Crippen LogP contribution is 2.25. The van der Waals surface area contributed by atoms with Crippen LogP contribution in [0.5, 0.6) is 0 Å². The lowest BCUT2D eigenvalue weighted by Gasteiger charge is -2.13. The zero-order valence-electron chi connectivity index (χ0n) is 9.71. The summed E-state index contributed by atoms with van der Waals surface area (Å²) in [6.45, 7) is 11.1. The third-order valence-electron chi connectivity index (χ3n) is 2.72. The molecule has 0 aromatic rings. The number of nitrogens with zero attached hydrogens (tertiary/aromatic N) is 1. The standard InChI is InChI=1S/C11H22N2S/c1-5-9(4)6-12-11-13-7-10(14-11)8(2)3/h8-10H,5-7H2,1-4H3,(H,12,13). The van der Waals surface area contributed by atoms with Crippen molar-refractivity contribution in [2.45, 2.75) is 39.4 Å². The summed E-state index contributed by atoms with van der Waals surface area (Å²) in [5.74, 6) is 1.48. The maximum absolute atomic E-state index is 4.51. The lowest BCUT2D eigenvalue weighted by molar-refractivity contribution is 0.550. The Bertz CT molecular complexity index is 201. The first-order valence-electron chi connectivity index (χ1n) is 5.58. The molecule has 0 spiro atoms. The molecular formula is C11H22N2S. The van der Waals surface area contributed by atoms with Gasteiger partial charge in [0, 0.05) is 11.8 Å². The van der Waals surface area contributed by atoms with Crippen molar-refractivity contribution in [1.82, 2.24) is 5.32 Å². The third kappa shape index (κ3) is 3.52. The summed E-state index contributed by atoms with van der Waals surface area (Å²) in [6.07, 6.45) is 1.23. The first-order valence-corrected chi connectivity index (χ1v) is 6.46. The molecule has 0 aromatic carbocycles. The van der Waals surface area contributed by atoms with Gasteiger partial charge in [-0.2, -0.15) is 0 Å². The van der Waals surface area contributed by atoms with E-state index >= 15 is 0 Å². The Morgan fingerprint density at radius 1 is 1.50 bits per heavy atom. The molecule has 1 heterocycles. The van der Waals surface area contributed by atoms with Crippen molar-refractivity contribution in [3.8, 4) is 0 Å². The molecule has 14 heavy (non-hydrogen) atoms. The van der Waals surface area contributed by atoms with E-state index in [4.69, 9.17) is 0 Å². The van der Waals surface area contributed by atoms with Crippen LogP contribution in [0, 0.1) is 11.8 Å². The average molecular weight is 214 g/mol. The fraction of sp³-hybridized carbons (Fsp3) is 0.909. The number of hydrogen-bond acceptors (Lipinski definition) is 3. The van der Waals surface area contributed by atoms with Gasteiger partial charge in [-0.1, -0.05) is 45.9 Å². The molecule has 0 fully saturated rings. The molecule has 2 atom stereocenters. The Hall–Kier alpha value is -0.180. The van der Waals surface area contributed by atoms with Gasteiger partial charge in [-0.05, 0) is 11.8 Å². The van der Waals surface area contributed by atoms with E-state index in [2.05, 4.69) is 38.0 Å². The molecule has 0 aliphatic carbocycles. The number of nitrogens with one attached hydrogen (secondary N) is 1. The summed E-state index contributed by atoms with van der Waals surface area (Å²) in [4.78, 5) is 4.51. The minimum atomic E-state index is 0.689. The van der Waals surface area contributed by atoms with E-state index in [1.165, 1.54) is 6.42 Å². The van der Waals surface area contributed by atoms with Gasteiger partial charge in [-0.25, -0.2) is 0 Å². The summed E-state index contributed by atoms with van der Waals surface area (Å²) >= 11 is 1.91. The minimum Gasteiger partial charge on any atom is -0.365 e. The maximum Gasteiger partial charge on any atom is 0.156 e. The Morgan fingerprint density at radius 2 is 2.21 bits per heavy atom. The van der Waals surface area contributed by atoms with Crippen molar-refractivity contribution >= 4 is 16.9 Å². The number of thioether (sulfide) groups is 1. The molecule has 3 heteroatoms. The Balaban J connectivity index is 2.22. The van der Waals surface area contributed by atoms with Gasteiger partial charge >= 0.3 is 0 Å². The van der Waals surface area contributed by atoms with Crippen LogP contribution in [-0.2, 0) is 0 Å². The number of amidine groups is 1. The van der Waals surface area contributed by atoms with Gasteiger partial charge in [0.15, 0.2) is 5.17 Å². The van der Waals surface area contributed by atoms with Gasteiger partial charge < -0.3 is 5.32 Å². The molecule has 0 saturated carbocycles. The van der Waals surface area contributed by atoms with Crippen LogP contribution in [0.3, 0.4) is 0 Å². The lowest BCUT2D eigenvalue weighted by Crippen LogP contribution is -2.25. The second-order valence-electron chi connectivity index (χ2n) is 4.44. The topological polar surface area (TPSA) is 24.4 Å². The average Bonchev–Trinajstić information content (AvgIpc) is 2.62. The summed E-state index contributed by atoms with van der Waals surface area (Å²) in [5.41, 5.74) is 0. The quantitative estimate of drug-likeness (QED) is 0.778. The molecule has 1 N–H and O–H groups in total. The van der Waals surface area contributed by atoms with E-state index in [0.717, 1.165) is 30.1 Å². The first kappa shape index (κ1) is 11.9. The molecule has 0 saturated heterocycles. The Labute approximate surface area is 92.0 Å². The van der Waals surface area contributed by atoms with Crippen molar-refractivity contribution in [1.29, 1.82) is 0 Å². The second-order valence-corrected chi connectivity index (χ2v) is 5.67. The lowest BCUT2D eigenvalue weighted by atomic mass is 10.1. The van der Waals surface area contributed by atoms with Gasteiger partial charge in [0.05, 0.1) is 6.54 Å². The van der Waals surface area contributed by atoms with E-state index in [1.54, 1.807) is 0 Å². The van der Waals surface area contributed by atoms with Crippen molar-refractivity contribution < 1.29 is 0 Å². The highest BCUT2D eigenvalue weighted by molar-refractivity contribution is 8.14. The van der Waals surface area contributed by atoms with Gasteiger partial charge in [0.1, 0.15) is 0 Å². The van der Waals surface area contributed by atoms with E-state index in [1.807, 2.05) is 11.8 Å². The van der Waals surface area contributed by atoms with Crippen LogP contribution in [-0.4, -0.2) is 23.5 Å². The van der Waals surface area contributed by atoms with Crippen molar-refractivity contribution in [2.24, 2.45) is 16.8 Å². The predicted octanol–water partition coefficient (Wildman–Crippen LogP) is 2.75. The molecule has 1 aliphatic rings. The Kier molecular flexibility index (Phi) is 4.79. The molecule has 0 aromatic heterocycles. The fourth-order valence-electron chi connectivity index (χ4n) is 1.24. The summed E-state index contributed by atoms with van der Waals surface area (Å²) in [6, 6.07) is 0. The first-order chi connectivity index (χ1) is 6.63. The molecular weight excluding hydrogens is 192 g/mol. The summed E-state index contributed by atoms with van der Waals surface area (Å²) in [5, 5.41) is 5.28. The van der Waals surface area contributed by atoms with Crippen LogP contribution in [0.4, 0.5) is 0 Å². The zero-order chi connectivity index (χ0) is 10.6. The summed E-state index contributed by atoms with van der Waals surface area (Å²) < 4.78 is 0. The Morgan fingerprint density at radius 3 is 2.71 bits per heavy atom. The highest BCUT2D eigenvalue weighted by atomic mass is 32.2. The number of rotatable bonds is 4. The molecule has 2 unspecified atom stereocenters. The molecule has 82 valence electrons. The smallest absolute Gasteiger partial charge is 0.156 e. The second kappa shape index (κ2) is 5.64. The van der Waals surface area contributed by atoms with Crippen LogP contribution in [0.15, 0.2) is 4.99 Å². The van der Waals surface area contributed by atoms with Crippen LogP contribution >= 0.6 is 11.8 Å². The van der Waals surface area contributed by atoms with Crippen LogP contribution < -0.4 is 5.32 Å². The zero-order valence-corrected chi connectivity index (χ0v) is 10.5. The van der Waals surface area contributed by atoms with Crippen LogP contribution in [0.1, 0.15) is 34.1 Å². The molecule has 1 rings (SSSR count). The van der Waals surface area contributed by atoms with E-state index < -0.39 is 0 Å². The fourth-order valence-corrected chi connectivity index (χ4v) is 2.26. The number of aliphatic imine (C=N–C) groups is 1. The SMILES string of the molecule is CCC(C)CNC1=NCC(C(C)C)S1. The highest BCUT2D eigenvalue weighted by Gasteiger charge is 2.22. The maximum atomic E-state index is 4.51. The molecule has 0 radical (unpaired) electrons. The molecule has 1 aliphatic heterocycles.